The van der Waals surface area contributed by atoms with Crippen molar-refractivity contribution in [3.8, 4) is 0 Å². The Morgan fingerprint density at radius 2 is 0.875 bits per heavy atom. The SMILES string of the molecule is CCCCCCCCCCCCCCCC(CO)(CO)CCCO. The maximum Gasteiger partial charge on any atom is 0.0509 e. The van der Waals surface area contributed by atoms with E-state index in [1.807, 2.05) is 0 Å². The Bertz CT molecular complexity index is 239. The smallest absolute Gasteiger partial charge is 0.0509 e. The summed E-state index contributed by atoms with van der Waals surface area (Å²) in [6.45, 7) is 2.46. The maximum atomic E-state index is 9.55. The molecule has 24 heavy (non-hydrogen) atoms. The van der Waals surface area contributed by atoms with Gasteiger partial charge in [0.05, 0.1) is 13.2 Å². The van der Waals surface area contributed by atoms with Gasteiger partial charge in [0.1, 0.15) is 0 Å². The van der Waals surface area contributed by atoms with Gasteiger partial charge in [-0.15, -0.1) is 0 Å². The molecule has 0 aromatic carbocycles. The van der Waals surface area contributed by atoms with Gasteiger partial charge in [-0.25, -0.2) is 0 Å². The van der Waals surface area contributed by atoms with Crippen LogP contribution in [0.2, 0.25) is 0 Å². The minimum Gasteiger partial charge on any atom is -0.396 e. The van der Waals surface area contributed by atoms with Gasteiger partial charge in [-0.3, -0.25) is 0 Å². The molecular formula is C21H44O3. The lowest BCUT2D eigenvalue weighted by Gasteiger charge is -2.29. The molecule has 0 saturated carbocycles. The first kappa shape index (κ1) is 23.9. The molecule has 0 atom stereocenters. The number of rotatable bonds is 19. The van der Waals surface area contributed by atoms with Gasteiger partial charge in [-0.1, -0.05) is 90.4 Å². The van der Waals surface area contributed by atoms with Crippen LogP contribution >= 0.6 is 0 Å². The van der Waals surface area contributed by atoms with Crippen LogP contribution in [-0.4, -0.2) is 35.1 Å². The molecule has 0 unspecified atom stereocenters. The van der Waals surface area contributed by atoms with Crippen molar-refractivity contribution < 1.29 is 15.3 Å². The normalized spacial score (nSPS) is 12.0. The molecule has 3 N–H and O–H groups in total. The minimum atomic E-state index is -0.374. The van der Waals surface area contributed by atoms with Crippen LogP contribution in [0.15, 0.2) is 0 Å². The molecule has 0 fully saturated rings. The van der Waals surface area contributed by atoms with E-state index < -0.39 is 0 Å². The molecule has 0 spiro atoms. The summed E-state index contributed by atoms with van der Waals surface area (Å²) in [5.74, 6) is 0. The summed E-state index contributed by atoms with van der Waals surface area (Å²) in [5.41, 5.74) is -0.374. The lowest BCUT2D eigenvalue weighted by Crippen LogP contribution is -2.30. The van der Waals surface area contributed by atoms with E-state index in [-0.39, 0.29) is 25.2 Å². The van der Waals surface area contributed by atoms with Crippen molar-refractivity contribution in [3.63, 3.8) is 0 Å². The Hall–Kier alpha value is -0.120. The fourth-order valence-electron chi connectivity index (χ4n) is 3.46. The zero-order chi connectivity index (χ0) is 17.9. The summed E-state index contributed by atoms with van der Waals surface area (Å²) < 4.78 is 0. The Morgan fingerprint density at radius 1 is 0.500 bits per heavy atom. The molecule has 0 aromatic heterocycles. The van der Waals surface area contributed by atoms with E-state index >= 15 is 0 Å². The minimum absolute atomic E-state index is 0.0295. The Balaban J connectivity index is 3.42. The summed E-state index contributed by atoms with van der Waals surface area (Å²) in [6.07, 6.45) is 19.6. The highest BCUT2D eigenvalue weighted by Crippen LogP contribution is 2.30. The molecule has 3 nitrogen and oxygen atoms in total. The fourth-order valence-corrected chi connectivity index (χ4v) is 3.46. The van der Waals surface area contributed by atoms with Crippen LogP contribution in [0.5, 0.6) is 0 Å². The first-order valence-corrected chi connectivity index (χ1v) is 10.6. The number of aliphatic hydroxyl groups is 3. The lowest BCUT2D eigenvalue weighted by atomic mass is 9.80. The highest BCUT2D eigenvalue weighted by atomic mass is 16.3. The maximum absolute atomic E-state index is 9.55. The van der Waals surface area contributed by atoms with Crippen molar-refractivity contribution in [3.05, 3.63) is 0 Å². The summed E-state index contributed by atoms with van der Waals surface area (Å²) in [6, 6.07) is 0. The second-order valence-corrected chi connectivity index (χ2v) is 7.64. The number of hydrogen-bond acceptors (Lipinski definition) is 3. The molecule has 0 aliphatic heterocycles. The van der Waals surface area contributed by atoms with Crippen LogP contribution in [0.3, 0.4) is 0 Å². The van der Waals surface area contributed by atoms with E-state index in [0.717, 1.165) is 19.3 Å². The largest absolute Gasteiger partial charge is 0.396 e. The van der Waals surface area contributed by atoms with Crippen molar-refractivity contribution >= 4 is 0 Å². The van der Waals surface area contributed by atoms with E-state index in [4.69, 9.17) is 5.11 Å². The monoisotopic (exact) mass is 344 g/mol. The highest BCUT2D eigenvalue weighted by molar-refractivity contribution is 4.77. The lowest BCUT2D eigenvalue weighted by molar-refractivity contribution is 0.0321. The average Bonchev–Trinajstić information content (AvgIpc) is 2.62. The van der Waals surface area contributed by atoms with E-state index in [2.05, 4.69) is 6.92 Å². The molecule has 0 aliphatic rings. The van der Waals surface area contributed by atoms with Crippen molar-refractivity contribution in [2.24, 2.45) is 5.41 Å². The van der Waals surface area contributed by atoms with E-state index in [1.54, 1.807) is 0 Å². The summed E-state index contributed by atoms with van der Waals surface area (Å²) >= 11 is 0. The molecule has 0 radical (unpaired) electrons. The van der Waals surface area contributed by atoms with Crippen LogP contribution in [0, 0.1) is 5.41 Å². The second kappa shape index (κ2) is 17.7. The predicted molar refractivity (Wildman–Crippen MR) is 103 cm³/mol. The molecule has 0 heterocycles. The Morgan fingerprint density at radius 3 is 1.25 bits per heavy atom. The average molecular weight is 345 g/mol. The van der Waals surface area contributed by atoms with E-state index in [1.165, 1.54) is 77.0 Å². The van der Waals surface area contributed by atoms with E-state index in [0.29, 0.717) is 6.42 Å². The van der Waals surface area contributed by atoms with Gasteiger partial charge in [-0.05, 0) is 19.3 Å². The summed E-state index contributed by atoms with van der Waals surface area (Å²) in [7, 11) is 0. The molecule has 0 saturated heterocycles. The number of aliphatic hydroxyl groups excluding tert-OH is 3. The molecule has 0 rings (SSSR count). The summed E-state index contributed by atoms with van der Waals surface area (Å²) in [4.78, 5) is 0. The third-order valence-electron chi connectivity index (χ3n) is 5.35. The van der Waals surface area contributed by atoms with Gasteiger partial charge in [-0.2, -0.15) is 0 Å². The van der Waals surface area contributed by atoms with Crippen LogP contribution in [0.25, 0.3) is 0 Å². The molecule has 0 aromatic rings. The Kier molecular flexibility index (Phi) is 17.6. The molecule has 0 amide bonds. The first-order valence-electron chi connectivity index (χ1n) is 10.6. The van der Waals surface area contributed by atoms with Gasteiger partial charge >= 0.3 is 0 Å². The van der Waals surface area contributed by atoms with Crippen molar-refractivity contribution in [1.82, 2.24) is 0 Å². The summed E-state index contributed by atoms with van der Waals surface area (Å²) in [5, 5.41) is 28.0. The topological polar surface area (TPSA) is 60.7 Å². The second-order valence-electron chi connectivity index (χ2n) is 7.64. The number of hydrogen-bond donors (Lipinski definition) is 3. The number of unbranched alkanes of at least 4 members (excludes halogenated alkanes) is 12. The third kappa shape index (κ3) is 13.2. The quantitative estimate of drug-likeness (QED) is 0.282. The molecular weight excluding hydrogens is 300 g/mol. The van der Waals surface area contributed by atoms with Crippen LogP contribution in [-0.2, 0) is 0 Å². The Labute approximate surface area is 150 Å². The zero-order valence-corrected chi connectivity index (χ0v) is 16.3. The van der Waals surface area contributed by atoms with Gasteiger partial charge < -0.3 is 15.3 Å². The molecule has 0 aliphatic carbocycles. The predicted octanol–water partition coefficient (Wildman–Crippen LogP) is 5.21. The molecule has 3 heteroatoms. The highest BCUT2D eigenvalue weighted by Gasteiger charge is 2.27. The van der Waals surface area contributed by atoms with E-state index in [9.17, 15) is 10.2 Å². The van der Waals surface area contributed by atoms with Crippen LogP contribution in [0.4, 0.5) is 0 Å². The van der Waals surface area contributed by atoms with Crippen molar-refractivity contribution in [2.75, 3.05) is 19.8 Å². The third-order valence-corrected chi connectivity index (χ3v) is 5.35. The molecule has 0 bridgehead atoms. The first-order chi connectivity index (χ1) is 11.7. The van der Waals surface area contributed by atoms with Crippen molar-refractivity contribution in [2.45, 2.75) is 110 Å². The van der Waals surface area contributed by atoms with Crippen LogP contribution < -0.4 is 0 Å². The van der Waals surface area contributed by atoms with Gasteiger partial charge in [0, 0.05) is 12.0 Å². The molecule has 146 valence electrons. The zero-order valence-electron chi connectivity index (χ0n) is 16.3. The van der Waals surface area contributed by atoms with Crippen LogP contribution in [0.1, 0.15) is 110 Å². The fraction of sp³-hybridized carbons (Fsp3) is 1.00. The van der Waals surface area contributed by atoms with Gasteiger partial charge in [0.25, 0.3) is 0 Å². The van der Waals surface area contributed by atoms with Gasteiger partial charge in [0.15, 0.2) is 0 Å². The van der Waals surface area contributed by atoms with Gasteiger partial charge in [0.2, 0.25) is 0 Å². The van der Waals surface area contributed by atoms with Crippen molar-refractivity contribution in [1.29, 1.82) is 0 Å². The standard InChI is InChI=1S/C21H44O3/c1-2-3-4-5-6-7-8-9-10-11-12-13-14-16-21(19-23,20-24)17-15-18-22/h22-24H,2-20H2,1H3.